The molecule has 0 heterocycles. The average molecular weight is 296 g/mol. The molecule has 0 aliphatic rings. The summed E-state index contributed by atoms with van der Waals surface area (Å²) in [5, 5.41) is 8.51. The van der Waals surface area contributed by atoms with Crippen molar-refractivity contribution in [3.63, 3.8) is 0 Å². The van der Waals surface area contributed by atoms with Crippen LogP contribution in [-0.2, 0) is 16.0 Å². The molecule has 1 N–H and O–H groups in total. The summed E-state index contributed by atoms with van der Waals surface area (Å²) in [5.41, 5.74) is 1.04. The van der Waals surface area contributed by atoms with Gasteiger partial charge in [-0.1, -0.05) is 19.9 Å². The first kappa shape index (κ1) is 17.3. The van der Waals surface area contributed by atoms with Gasteiger partial charge in [0.05, 0.1) is 19.8 Å². The summed E-state index contributed by atoms with van der Waals surface area (Å²) in [5.74, 6) is 0.534. The molecule has 0 aliphatic heterocycles. The Bertz CT molecular complexity index is 431. The first-order valence-corrected chi connectivity index (χ1v) is 7.35. The summed E-state index contributed by atoms with van der Waals surface area (Å²) in [6.07, 6.45) is 2.51. The number of aliphatic carboxylic acids is 1. The zero-order chi connectivity index (χ0) is 15.5. The highest BCUT2D eigenvalue weighted by molar-refractivity contribution is 5.67. The molecule has 0 unspecified atom stereocenters. The van der Waals surface area contributed by atoms with Crippen molar-refractivity contribution in [3.8, 4) is 11.5 Å². The van der Waals surface area contributed by atoms with Gasteiger partial charge in [-0.2, -0.15) is 0 Å². The molecule has 0 atom stereocenters. The van der Waals surface area contributed by atoms with Crippen LogP contribution in [-0.4, -0.2) is 37.5 Å². The van der Waals surface area contributed by atoms with Crippen molar-refractivity contribution in [2.45, 2.75) is 33.1 Å². The number of hydrogen-bond donors (Lipinski definition) is 1. The zero-order valence-corrected chi connectivity index (χ0v) is 12.8. The second kappa shape index (κ2) is 10.0. The lowest BCUT2D eigenvalue weighted by molar-refractivity contribution is -0.142. The summed E-state index contributed by atoms with van der Waals surface area (Å²) >= 11 is 0. The predicted octanol–water partition coefficient (Wildman–Crippen LogP) is 2.91. The molecule has 1 aromatic carbocycles. The lowest BCUT2D eigenvalue weighted by Crippen LogP contribution is -2.09. The summed E-state index contributed by atoms with van der Waals surface area (Å²) in [4.78, 5) is 10.4. The van der Waals surface area contributed by atoms with E-state index in [1.807, 2.05) is 18.2 Å². The first-order chi connectivity index (χ1) is 10.2. The first-order valence-electron chi connectivity index (χ1n) is 7.35. The van der Waals surface area contributed by atoms with Crippen molar-refractivity contribution in [2.24, 2.45) is 0 Å². The van der Waals surface area contributed by atoms with Crippen LogP contribution in [0.5, 0.6) is 11.5 Å². The summed E-state index contributed by atoms with van der Waals surface area (Å²) in [6.45, 7) is 5.51. The molecule has 0 fully saturated rings. The minimum atomic E-state index is -0.953. The zero-order valence-electron chi connectivity index (χ0n) is 12.8. The molecule has 21 heavy (non-hydrogen) atoms. The summed E-state index contributed by atoms with van der Waals surface area (Å²) < 4.78 is 16.4. The number of carboxylic acids is 1. The number of carbonyl (C=O) groups is 1. The standard InChI is InChI=1S/C16H24O5/c1-3-8-20-14-6-5-13(7-10-19-12-16(17)18)11-15(14)21-9-4-2/h5-6,11H,3-4,7-10,12H2,1-2H3,(H,17,18). The Kier molecular flexibility index (Phi) is 8.28. The van der Waals surface area contributed by atoms with Gasteiger partial charge in [0.1, 0.15) is 6.61 Å². The molecule has 0 saturated carbocycles. The van der Waals surface area contributed by atoms with Crippen LogP contribution in [0.2, 0.25) is 0 Å². The van der Waals surface area contributed by atoms with E-state index in [1.165, 1.54) is 0 Å². The van der Waals surface area contributed by atoms with Crippen LogP contribution < -0.4 is 9.47 Å². The van der Waals surface area contributed by atoms with E-state index in [4.69, 9.17) is 19.3 Å². The van der Waals surface area contributed by atoms with E-state index < -0.39 is 5.97 Å². The van der Waals surface area contributed by atoms with Gasteiger partial charge in [0, 0.05) is 0 Å². The highest BCUT2D eigenvalue weighted by Gasteiger charge is 2.07. The minimum Gasteiger partial charge on any atom is -0.490 e. The van der Waals surface area contributed by atoms with E-state index in [1.54, 1.807) is 0 Å². The fourth-order valence-electron chi connectivity index (χ4n) is 1.71. The lowest BCUT2D eigenvalue weighted by atomic mass is 10.1. The van der Waals surface area contributed by atoms with Crippen LogP contribution in [0.4, 0.5) is 0 Å². The third-order valence-electron chi connectivity index (χ3n) is 2.69. The molecule has 0 aromatic heterocycles. The molecule has 1 rings (SSSR count). The smallest absolute Gasteiger partial charge is 0.329 e. The van der Waals surface area contributed by atoms with Crippen LogP contribution in [0.1, 0.15) is 32.3 Å². The van der Waals surface area contributed by atoms with E-state index in [0.717, 1.165) is 29.9 Å². The molecule has 5 nitrogen and oxygen atoms in total. The van der Waals surface area contributed by atoms with Gasteiger partial charge in [-0.25, -0.2) is 4.79 Å². The normalized spacial score (nSPS) is 10.4. The lowest BCUT2D eigenvalue weighted by Gasteiger charge is -2.13. The second-order valence-electron chi connectivity index (χ2n) is 4.67. The third kappa shape index (κ3) is 6.99. The fourth-order valence-corrected chi connectivity index (χ4v) is 1.71. The van der Waals surface area contributed by atoms with Crippen molar-refractivity contribution in [2.75, 3.05) is 26.4 Å². The maximum Gasteiger partial charge on any atom is 0.329 e. The van der Waals surface area contributed by atoms with Gasteiger partial charge in [0.2, 0.25) is 0 Å². The largest absolute Gasteiger partial charge is 0.490 e. The Hall–Kier alpha value is -1.75. The Balaban J connectivity index is 2.61. The van der Waals surface area contributed by atoms with Crippen molar-refractivity contribution in [1.29, 1.82) is 0 Å². The van der Waals surface area contributed by atoms with E-state index in [-0.39, 0.29) is 6.61 Å². The monoisotopic (exact) mass is 296 g/mol. The van der Waals surface area contributed by atoms with Gasteiger partial charge in [0.15, 0.2) is 11.5 Å². The van der Waals surface area contributed by atoms with Gasteiger partial charge in [-0.15, -0.1) is 0 Å². The SMILES string of the molecule is CCCOc1ccc(CCOCC(=O)O)cc1OCCC. The highest BCUT2D eigenvalue weighted by Crippen LogP contribution is 2.29. The van der Waals surface area contributed by atoms with Crippen molar-refractivity contribution >= 4 is 5.97 Å². The fraction of sp³-hybridized carbons (Fsp3) is 0.562. The van der Waals surface area contributed by atoms with Gasteiger partial charge in [0.25, 0.3) is 0 Å². The van der Waals surface area contributed by atoms with E-state index in [9.17, 15) is 4.79 Å². The summed E-state index contributed by atoms with van der Waals surface area (Å²) in [7, 11) is 0. The molecule has 0 aliphatic carbocycles. The second-order valence-corrected chi connectivity index (χ2v) is 4.67. The number of hydrogen-bond acceptors (Lipinski definition) is 4. The van der Waals surface area contributed by atoms with E-state index >= 15 is 0 Å². The van der Waals surface area contributed by atoms with Gasteiger partial charge in [-0.3, -0.25) is 0 Å². The van der Waals surface area contributed by atoms with Gasteiger partial charge in [-0.05, 0) is 37.0 Å². The Labute approximate surface area is 125 Å². The van der Waals surface area contributed by atoms with Crippen LogP contribution in [0.15, 0.2) is 18.2 Å². The van der Waals surface area contributed by atoms with Gasteiger partial charge < -0.3 is 19.3 Å². The van der Waals surface area contributed by atoms with Crippen molar-refractivity contribution < 1.29 is 24.1 Å². The molecule has 0 bridgehead atoms. The number of carboxylic acid groups (broad SMARTS) is 1. The van der Waals surface area contributed by atoms with Crippen LogP contribution in [0, 0.1) is 0 Å². The molecule has 118 valence electrons. The Morgan fingerprint density at radius 1 is 1.05 bits per heavy atom. The van der Waals surface area contributed by atoms with E-state index in [0.29, 0.717) is 26.2 Å². The van der Waals surface area contributed by atoms with Gasteiger partial charge >= 0.3 is 5.97 Å². The molecule has 0 amide bonds. The maximum atomic E-state index is 10.4. The number of benzene rings is 1. The molecule has 5 heteroatoms. The minimum absolute atomic E-state index is 0.267. The molecule has 1 aromatic rings. The molecule has 0 saturated heterocycles. The van der Waals surface area contributed by atoms with Crippen molar-refractivity contribution in [3.05, 3.63) is 23.8 Å². The van der Waals surface area contributed by atoms with E-state index in [2.05, 4.69) is 13.8 Å². The average Bonchev–Trinajstić information content (AvgIpc) is 2.48. The molecular formula is C16H24O5. The third-order valence-corrected chi connectivity index (χ3v) is 2.69. The predicted molar refractivity (Wildman–Crippen MR) is 80.2 cm³/mol. The maximum absolute atomic E-state index is 10.4. The Morgan fingerprint density at radius 3 is 2.33 bits per heavy atom. The molecule has 0 spiro atoms. The number of rotatable bonds is 11. The van der Waals surface area contributed by atoms with Crippen LogP contribution in [0.3, 0.4) is 0 Å². The van der Waals surface area contributed by atoms with Crippen LogP contribution >= 0.6 is 0 Å². The highest BCUT2D eigenvalue weighted by atomic mass is 16.5. The topological polar surface area (TPSA) is 65.0 Å². The van der Waals surface area contributed by atoms with Crippen LogP contribution in [0.25, 0.3) is 0 Å². The van der Waals surface area contributed by atoms with Crippen molar-refractivity contribution in [1.82, 2.24) is 0 Å². The molecular weight excluding hydrogens is 272 g/mol. The Morgan fingerprint density at radius 2 is 1.71 bits per heavy atom. The number of ether oxygens (including phenoxy) is 3. The summed E-state index contributed by atoms with van der Waals surface area (Å²) in [6, 6.07) is 5.78. The quantitative estimate of drug-likeness (QED) is 0.636. The molecule has 0 radical (unpaired) electrons.